The highest BCUT2D eigenvalue weighted by atomic mass is 16.2. The molecule has 0 atom stereocenters. The highest BCUT2D eigenvalue weighted by Crippen LogP contribution is 2.21. The largest absolute Gasteiger partial charge is 0.350 e. The van der Waals surface area contributed by atoms with E-state index in [1.54, 1.807) is 0 Å². The van der Waals surface area contributed by atoms with Crippen molar-refractivity contribution in [2.24, 2.45) is 10.8 Å². The molecule has 0 saturated heterocycles. The zero-order chi connectivity index (χ0) is 12.3. The molecular formula is C12H17N3O. The van der Waals surface area contributed by atoms with Crippen molar-refractivity contribution in [3.63, 3.8) is 0 Å². The number of nitrogens with zero attached hydrogens (tertiary/aromatic N) is 2. The van der Waals surface area contributed by atoms with Crippen LogP contribution in [0.15, 0.2) is 23.3 Å². The second-order valence-corrected chi connectivity index (χ2v) is 3.99. The number of benzene rings is 1. The average molecular weight is 219 g/mol. The number of carbonyl (C=O) groups excluding carboxylic acids is 1. The lowest BCUT2D eigenvalue weighted by atomic mass is 10.1. The summed E-state index contributed by atoms with van der Waals surface area (Å²) in [4.78, 5) is 11.3. The van der Waals surface area contributed by atoms with Gasteiger partial charge in [0.25, 0.3) is 0 Å². The van der Waals surface area contributed by atoms with Crippen molar-refractivity contribution in [1.29, 1.82) is 0 Å². The van der Waals surface area contributed by atoms with Crippen molar-refractivity contribution in [3.8, 4) is 0 Å². The molecule has 0 aliphatic rings. The van der Waals surface area contributed by atoms with Crippen LogP contribution in [-0.4, -0.2) is 11.7 Å². The molecular weight excluding hydrogens is 202 g/mol. The molecule has 0 aliphatic carbocycles. The van der Waals surface area contributed by atoms with Gasteiger partial charge in [0.15, 0.2) is 0 Å². The number of nitrogens with two attached hydrogens (primary N) is 1. The minimum absolute atomic E-state index is 0.576. The van der Waals surface area contributed by atoms with Crippen LogP contribution >= 0.6 is 0 Å². The van der Waals surface area contributed by atoms with Gasteiger partial charge in [0.2, 0.25) is 0 Å². The van der Waals surface area contributed by atoms with Crippen molar-refractivity contribution in [2.75, 3.05) is 5.01 Å². The molecule has 0 spiro atoms. The summed E-state index contributed by atoms with van der Waals surface area (Å²) in [6.07, 6.45) is 0. The minimum atomic E-state index is -0.576. The predicted octanol–water partition coefficient (Wildman–Crippen LogP) is 2.58. The van der Waals surface area contributed by atoms with Gasteiger partial charge in [-0.3, -0.25) is 0 Å². The van der Waals surface area contributed by atoms with Crippen LogP contribution in [0, 0.1) is 13.8 Å². The third-order valence-electron chi connectivity index (χ3n) is 2.09. The molecule has 1 aromatic rings. The summed E-state index contributed by atoms with van der Waals surface area (Å²) >= 11 is 0. The minimum Gasteiger partial charge on any atom is -0.350 e. The van der Waals surface area contributed by atoms with E-state index in [0.29, 0.717) is 0 Å². The highest BCUT2D eigenvalue weighted by molar-refractivity contribution is 5.94. The SMILES string of the molecule is CC(C)=NN(C(N)=O)c1ccc(C)cc1C. The summed E-state index contributed by atoms with van der Waals surface area (Å²) in [6.45, 7) is 7.57. The Bertz CT molecular complexity index is 434. The zero-order valence-corrected chi connectivity index (χ0v) is 10.1. The molecule has 0 radical (unpaired) electrons. The summed E-state index contributed by atoms with van der Waals surface area (Å²) in [5.41, 5.74) is 8.92. The third-order valence-corrected chi connectivity index (χ3v) is 2.09. The molecule has 2 amide bonds. The van der Waals surface area contributed by atoms with Gasteiger partial charge in [-0.2, -0.15) is 10.1 Å². The standard InChI is InChI=1S/C12H17N3O/c1-8(2)14-15(12(13)16)11-6-5-9(3)7-10(11)4/h5-7H,1-4H3,(H2,13,16). The molecule has 4 heteroatoms. The first-order valence-corrected chi connectivity index (χ1v) is 5.10. The molecule has 0 aliphatic heterocycles. The number of hydrazone groups is 1. The molecule has 2 N–H and O–H groups in total. The van der Waals surface area contributed by atoms with Crippen LogP contribution in [0.3, 0.4) is 0 Å². The first-order valence-electron chi connectivity index (χ1n) is 5.10. The summed E-state index contributed by atoms with van der Waals surface area (Å²) in [5, 5.41) is 5.34. The van der Waals surface area contributed by atoms with E-state index in [4.69, 9.17) is 5.73 Å². The van der Waals surface area contributed by atoms with E-state index in [1.807, 2.05) is 45.9 Å². The molecule has 0 saturated carbocycles. The number of urea groups is 1. The Morgan fingerprint density at radius 2 is 1.94 bits per heavy atom. The lowest BCUT2D eigenvalue weighted by Gasteiger charge is -2.17. The fraction of sp³-hybridized carbons (Fsp3) is 0.333. The van der Waals surface area contributed by atoms with Crippen molar-refractivity contribution in [3.05, 3.63) is 29.3 Å². The van der Waals surface area contributed by atoms with Crippen LogP contribution in [0.4, 0.5) is 10.5 Å². The molecule has 1 aromatic carbocycles. The van der Waals surface area contributed by atoms with E-state index in [-0.39, 0.29) is 0 Å². The second kappa shape index (κ2) is 4.79. The smallest absolute Gasteiger partial charge is 0.340 e. The van der Waals surface area contributed by atoms with Crippen LogP contribution < -0.4 is 10.7 Å². The van der Waals surface area contributed by atoms with Crippen LogP contribution in [0.25, 0.3) is 0 Å². The van der Waals surface area contributed by atoms with Gasteiger partial charge < -0.3 is 5.73 Å². The van der Waals surface area contributed by atoms with Crippen LogP contribution in [0.1, 0.15) is 25.0 Å². The fourth-order valence-corrected chi connectivity index (χ4v) is 1.46. The summed E-state index contributed by atoms with van der Waals surface area (Å²) in [5.74, 6) is 0. The normalized spacial score (nSPS) is 9.75. The van der Waals surface area contributed by atoms with E-state index in [0.717, 1.165) is 22.5 Å². The van der Waals surface area contributed by atoms with E-state index < -0.39 is 6.03 Å². The Hall–Kier alpha value is -1.84. The summed E-state index contributed by atoms with van der Waals surface area (Å²) in [7, 11) is 0. The van der Waals surface area contributed by atoms with Gasteiger partial charge in [-0.05, 0) is 39.3 Å². The highest BCUT2D eigenvalue weighted by Gasteiger charge is 2.13. The van der Waals surface area contributed by atoms with E-state index in [9.17, 15) is 4.79 Å². The molecule has 0 unspecified atom stereocenters. The van der Waals surface area contributed by atoms with Gasteiger partial charge in [-0.1, -0.05) is 17.7 Å². The Morgan fingerprint density at radius 3 is 2.38 bits per heavy atom. The molecule has 1 rings (SSSR count). The Balaban J connectivity index is 3.21. The van der Waals surface area contributed by atoms with E-state index in [2.05, 4.69) is 5.10 Å². The predicted molar refractivity (Wildman–Crippen MR) is 66.8 cm³/mol. The topological polar surface area (TPSA) is 58.7 Å². The molecule has 0 fully saturated rings. The lowest BCUT2D eigenvalue weighted by Crippen LogP contribution is -2.32. The molecule has 0 bridgehead atoms. The monoisotopic (exact) mass is 219 g/mol. The number of carbonyl (C=O) groups is 1. The number of primary amides is 1. The molecule has 0 heterocycles. The maximum absolute atomic E-state index is 11.3. The summed E-state index contributed by atoms with van der Waals surface area (Å²) < 4.78 is 0. The molecule has 16 heavy (non-hydrogen) atoms. The van der Waals surface area contributed by atoms with Gasteiger partial charge in [0.1, 0.15) is 0 Å². The Kier molecular flexibility index (Phi) is 3.66. The Morgan fingerprint density at radius 1 is 1.31 bits per heavy atom. The Labute approximate surface area is 95.7 Å². The van der Waals surface area contributed by atoms with E-state index in [1.165, 1.54) is 5.01 Å². The maximum Gasteiger partial charge on any atom is 0.340 e. The molecule has 4 nitrogen and oxygen atoms in total. The number of amides is 2. The first kappa shape index (κ1) is 12.2. The quantitative estimate of drug-likeness (QED) is 0.603. The molecule has 86 valence electrons. The number of aryl methyl sites for hydroxylation is 2. The van der Waals surface area contributed by atoms with E-state index >= 15 is 0 Å². The second-order valence-electron chi connectivity index (χ2n) is 3.99. The van der Waals surface area contributed by atoms with Crippen molar-refractivity contribution < 1.29 is 4.79 Å². The number of hydrogen-bond acceptors (Lipinski definition) is 2. The van der Waals surface area contributed by atoms with Crippen LogP contribution in [0.2, 0.25) is 0 Å². The lowest BCUT2D eigenvalue weighted by molar-refractivity contribution is 0.254. The number of hydrogen-bond donors (Lipinski definition) is 1. The van der Waals surface area contributed by atoms with Gasteiger partial charge in [0.05, 0.1) is 5.69 Å². The van der Waals surface area contributed by atoms with Gasteiger partial charge in [-0.25, -0.2) is 4.79 Å². The summed E-state index contributed by atoms with van der Waals surface area (Å²) in [6, 6.07) is 5.19. The maximum atomic E-state index is 11.3. The van der Waals surface area contributed by atoms with Gasteiger partial charge in [0, 0.05) is 5.71 Å². The third kappa shape index (κ3) is 2.82. The first-order chi connectivity index (χ1) is 7.41. The molecule has 0 aromatic heterocycles. The van der Waals surface area contributed by atoms with Crippen molar-refractivity contribution in [1.82, 2.24) is 0 Å². The fourth-order valence-electron chi connectivity index (χ4n) is 1.46. The van der Waals surface area contributed by atoms with Gasteiger partial charge in [-0.15, -0.1) is 0 Å². The van der Waals surface area contributed by atoms with Gasteiger partial charge >= 0.3 is 6.03 Å². The van der Waals surface area contributed by atoms with Crippen LogP contribution in [-0.2, 0) is 0 Å². The number of rotatable bonds is 2. The average Bonchev–Trinajstić information content (AvgIpc) is 2.14. The van der Waals surface area contributed by atoms with Crippen molar-refractivity contribution in [2.45, 2.75) is 27.7 Å². The van der Waals surface area contributed by atoms with Crippen LogP contribution in [0.5, 0.6) is 0 Å². The number of anilines is 1. The zero-order valence-electron chi connectivity index (χ0n) is 10.1. The van der Waals surface area contributed by atoms with Crippen molar-refractivity contribution >= 4 is 17.4 Å².